The van der Waals surface area contributed by atoms with Gasteiger partial charge in [0, 0.05) is 27.8 Å². The summed E-state index contributed by atoms with van der Waals surface area (Å²) >= 11 is 0. The molecule has 33 heavy (non-hydrogen) atoms. The van der Waals surface area contributed by atoms with Crippen LogP contribution in [0, 0.1) is 5.82 Å². The van der Waals surface area contributed by atoms with Gasteiger partial charge in [0.2, 0.25) is 5.91 Å². The highest BCUT2D eigenvalue weighted by Gasteiger charge is 2.27. The molecule has 7 N–H and O–H groups in total. The highest BCUT2D eigenvalue weighted by atomic mass is 19.1. The number of aromatic amines is 1. The highest BCUT2D eigenvalue weighted by molar-refractivity contribution is 6.18. The van der Waals surface area contributed by atoms with Crippen LogP contribution in [-0.2, 0) is 0 Å². The Kier molecular flexibility index (Phi) is 5.75. The number of nitrogens with one attached hydrogen (secondary N) is 1. The minimum absolute atomic E-state index is 0.0449. The molecule has 0 spiro atoms. The van der Waals surface area contributed by atoms with E-state index >= 15 is 0 Å². The monoisotopic (exact) mass is 451 g/mol. The van der Waals surface area contributed by atoms with Crippen LogP contribution >= 0.6 is 0 Å². The van der Waals surface area contributed by atoms with Gasteiger partial charge >= 0.3 is 0 Å². The zero-order valence-corrected chi connectivity index (χ0v) is 17.7. The summed E-state index contributed by atoms with van der Waals surface area (Å²) in [5.41, 5.74) is 13.5. The van der Waals surface area contributed by atoms with Crippen LogP contribution < -0.4 is 16.2 Å². The Hall–Kier alpha value is -3.95. The van der Waals surface area contributed by atoms with E-state index in [0.717, 1.165) is 0 Å². The van der Waals surface area contributed by atoms with Crippen LogP contribution in [0.25, 0.3) is 32.9 Å². The van der Waals surface area contributed by atoms with E-state index in [1.165, 1.54) is 19.2 Å². The molecule has 0 aliphatic carbocycles. The lowest BCUT2D eigenvalue weighted by atomic mass is 9.85. The van der Waals surface area contributed by atoms with Gasteiger partial charge in [-0.05, 0) is 47.0 Å². The second-order valence-electron chi connectivity index (χ2n) is 7.66. The molecular formula is C24H22FN3O5. The molecule has 1 aromatic heterocycles. The first-order valence-corrected chi connectivity index (χ1v) is 10.1. The molecule has 0 aliphatic rings. The van der Waals surface area contributed by atoms with Crippen LogP contribution in [-0.4, -0.2) is 47.3 Å². The van der Waals surface area contributed by atoms with Crippen molar-refractivity contribution in [1.82, 2.24) is 4.98 Å². The summed E-state index contributed by atoms with van der Waals surface area (Å²) in [5.74, 6) is -2.83. The number of carbonyl (C=O) groups excluding carboxylic acids is 2. The highest BCUT2D eigenvalue weighted by Crippen LogP contribution is 2.40. The number of aliphatic hydroxyl groups excluding tert-OH is 2. The van der Waals surface area contributed by atoms with Gasteiger partial charge < -0.3 is 31.4 Å². The predicted molar refractivity (Wildman–Crippen MR) is 122 cm³/mol. The van der Waals surface area contributed by atoms with Crippen molar-refractivity contribution >= 4 is 33.6 Å². The zero-order valence-electron chi connectivity index (χ0n) is 17.7. The fraction of sp³-hybridized carbons (Fsp3) is 0.167. The number of halogens is 1. The quantitative estimate of drug-likeness (QED) is 0.292. The maximum atomic E-state index is 14.6. The SMILES string of the molecule is COc1ccc(-c2cc3c([nH]c4cc(C(N)=O)ccc43)c(C(N)=O)c2C(CO)CO)cc1F. The molecule has 0 saturated heterocycles. The number of carbonyl (C=O) groups is 2. The smallest absolute Gasteiger partial charge is 0.251 e. The van der Waals surface area contributed by atoms with Gasteiger partial charge in [0.05, 0.1) is 31.4 Å². The second-order valence-corrected chi connectivity index (χ2v) is 7.66. The van der Waals surface area contributed by atoms with Crippen LogP contribution in [0.15, 0.2) is 42.5 Å². The number of methoxy groups -OCH3 is 1. The number of nitrogens with two attached hydrogens (primary N) is 2. The van der Waals surface area contributed by atoms with E-state index in [-0.39, 0.29) is 22.4 Å². The number of ether oxygens (including phenoxy) is 1. The third-order valence-electron chi connectivity index (χ3n) is 5.78. The Morgan fingerprint density at radius 1 is 1.03 bits per heavy atom. The number of hydrogen-bond donors (Lipinski definition) is 5. The zero-order chi connectivity index (χ0) is 23.9. The van der Waals surface area contributed by atoms with E-state index in [1.807, 2.05) is 0 Å². The molecule has 9 heteroatoms. The number of rotatable bonds is 7. The van der Waals surface area contributed by atoms with E-state index in [4.69, 9.17) is 16.2 Å². The summed E-state index contributed by atoms with van der Waals surface area (Å²) in [6, 6.07) is 10.9. The van der Waals surface area contributed by atoms with Crippen molar-refractivity contribution in [3.8, 4) is 16.9 Å². The molecule has 0 fully saturated rings. The molecule has 0 atom stereocenters. The van der Waals surface area contributed by atoms with E-state index < -0.39 is 36.8 Å². The molecule has 0 radical (unpaired) electrons. The summed E-state index contributed by atoms with van der Waals surface area (Å²) in [4.78, 5) is 27.4. The standard InChI is InChI=1S/C24H22FN3O5/c1-33-19-5-3-11(6-17(19)25)15-8-16-14-4-2-12(23(26)31)7-18(14)28-22(16)21(24(27)32)20(15)13(9-29)10-30/h2-8,13,28-30H,9-10H2,1H3,(H2,26,31)(H2,27,32). The Morgan fingerprint density at radius 2 is 1.76 bits per heavy atom. The van der Waals surface area contributed by atoms with Crippen molar-refractivity contribution in [3.63, 3.8) is 0 Å². The molecule has 0 bridgehead atoms. The van der Waals surface area contributed by atoms with Crippen molar-refractivity contribution in [1.29, 1.82) is 0 Å². The molecule has 4 rings (SSSR count). The van der Waals surface area contributed by atoms with Gasteiger partial charge in [0.15, 0.2) is 11.6 Å². The number of amides is 2. The van der Waals surface area contributed by atoms with Crippen LogP contribution in [0.2, 0.25) is 0 Å². The van der Waals surface area contributed by atoms with Crippen LogP contribution in [0.4, 0.5) is 4.39 Å². The summed E-state index contributed by atoms with van der Waals surface area (Å²) in [5, 5.41) is 21.2. The van der Waals surface area contributed by atoms with Gasteiger partial charge in [-0.15, -0.1) is 0 Å². The Morgan fingerprint density at radius 3 is 2.33 bits per heavy atom. The molecule has 3 aromatic carbocycles. The largest absolute Gasteiger partial charge is 0.494 e. The lowest BCUT2D eigenvalue weighted by molar-refractivity contribution is 0.0991. The molecule has 170 valence electrons. The first kappa shape index (κ1) is 22.3. The van der Waals surface area contributed by atoms with E-state index in [1.54, 1.807) is 30.3 Å². The van der Waals surface area contributed by atoms with Crippen molar-refractivity contribution < 1.29 is 28.9 Å². The van der Waals surface area contributed by atoms with Crippen LogP contribution in [0.5, 0.6) is 5.75 Å². The Labute approximate surface area is 187 Å². The normalized spacial score (nSPS) is 11.4. The van der Waals surface area contributed by atoms with Gasteiger partial charge in [-0.1, -0.05) is 12.1 Å². The number of hydrogen-bond acceptors (Lipinski definition) is 5. The molecule has 0 saturated carbocycles. The van der Waals surface area contributed by atoms with Gasteiger partial charge in [-0.2, -0.15) is 0 Å². The van der Waals surface area contributed by atoms with Gasteiger partial charge in [-0.3, -0.25) is 9.59 Å². The number of aliphatic hydroxyl groups is 2. The number of benzene rings is 3. The maximum absolute atomic E-state index is 14.6. The summed E-state index contributed by atoms with van der Waals surface area (Å²) < 4.78 is 19.5. The second kappa shape index (κ2) is 8.53. The first-order valence-electron chi connectivity index (χ1n) is 10.1. The van der Waals surface area contributed by atoms with Gasteiger partial charge in [-0.25, -0.2) is 4.39 Å². The van der Waals surface area contributed by atoms with Gasteiger partial charge in [0.25, 0.3) is 5.91 Å². The molecule has 0 unspecified atom stereocenters. The Balaban J connectivity index is 2.15. The number of primary amides is 2. The van der Waals surface area contributed by atoms with E-state index in [9.17, 15) is 24.2 Å². The third kappa shape index (κ3) is 3.67. The summed E-state index contributed by atoms with van der Waals surface area (Å²) in [6.45, 7) is -0.944. The predicted octanol–water partition coefficient (Wildman–Crippen LogP) is 2.40. The average Bonchev–Trinajstić information content (AvgIpc) is 3.16. The fourth-order valence-corrected chi connectivity index (χ4v) is 4.20. The van der Waals surface area contributed by atoms with E-state index in [0.29, 0.717) is 32.9 Å². The fourth-order valence-electron chi connectivity index (χ4n) is 4.20. The molecule has 8 nitrogen and oxygen atoms in total. The molecule has 0 aliphatic heterocycles. The number of H-pyrrole nitrogens is 1. The van der Waals surface area contributed by atoms with Crippen LogP contribution in [0.3, 0.4) is 0 Å². The molecular weight excluding hydrogens is 429 g/mol. The summed E-state index contributed by atoms with van der Waals surface area (Å²) in [6.07, 6.45) is 0. The molecule has 2 amide bonds. The third-order valence-corrected chi connectivity index (χ3v) is 5.78. The molecule has 1 heterocycles. The Bertz CT molecular complexity index is 1410. The van der Waals surface area contributed by atoms with Crippen molar-refractivity contribution in [2.45, 2.75) is 5.92 Å². The lowest BCUT2D eigenvalue weighted by Gasteiger charge is -2.21. The minimum atomic E-state index is -0.857. The van der Waals surface area contributed by atoms with Crippen LogP contribution in [0.1, 0.15) is 32.2 Å². The minimum Gasteiger partial charge on any atom is -0.494 e. The number of fused-ring (bicyclic) bond motifs is 3. The number of aromatic nitrogens is 1. The summed E-state index contributed by atoms with van der Waals surface area (Å²) in [7, 11) is 1.35. The van der Waals surface area contributed by atoms with Crippen molar-refractivity contribution in [3.05, 3.63) is 65.0 Å². The van der Waals surface area contributed by atoms with E-state index in [2.05, 4.69) is 4.98 Å². The molecule has 4 aromatic rings. The first-order chi connectivity index (χ1) is 15.8. The average molecular weight is 451 g/mol. The maximum Gasteiger partial charge on any atom is 0.251 e. The van der Waals surface area contributed by atoms with Gasteiger partial charge in [0.1, 0.15) is 0 Å². The topological polar surface area (TPSA) is 152 Å². The lowest BCUT2D eigenvalue weighted by Crippen LogP contribution is -2.20. The van der Waals surface area contributed by atoms with Crippen molar-refractivity contribution in [2.24, 2.45) is 11.5 Å². The van der Waals surface area contributed by atoms with Crippen molar-refractivity contribution in [2.75, 3.05) is 20.3 Å².